The minimum absolute atomic E-state index is 0. The van der Waals surface area contributed by atoms with Gasteiger partial charge in [0.1, 0.15) is 0 Å². The summed E-state index contributed by atoms with van der Waals surface area (Å²) in [6, 6.07) is 0. The zero-order valence-electron chi connectivity index (χ0n) is 11.5. The molecule has 0 bridgehead atoms. The van der Waals surface area contributed by atoms with Gasteiger partial charge in [-0.3, -0.25) is 9.98 Å². The summed E-state index contributed by atoms with van der Waals surface area (Å²) in [6.45, 7) is 5.88. The van der Waals surface area contributed by atoms with Gasteiger partial charge in [-0.05, 0) is 36.8 Å². The molecular formula is C16H13Cl2N2Zr. The van der Waals surface area contributed by atoms with Crippen molar-refractivity contribution in [2.45, 2.75) is 6.92 Å². The first kappa shape index (κ1) is 20.1. The third kappa shape index (κ3) is 4.54. The molecule has 2 heterocycles. The van der Waals surface area contributed by atoms with Crippen molar-refractivity contribution < 1.29 is 51.0 Å². The van der Waals surface area contributed by atoms with Gasteiger partial charge >= 0.3 is 26.2 Å². The quantitative estimate of drug-likeness (QED) is 0.406. The number of rotatable bonds is 0. The molecular weight excluding hydrogens is 382 g/mol. The van der Waals surface area contributed by atoms with Gasteiger partial charge < -0.3 is 24.8 Å². The number of halogens is 2. The van der Waals surface area contributed by atoms with Gasteiger partial charge in [0.15, 0.2) is 0 Å². The molecule has 1 radical (unpaired) electrons. The molecule has 21 heavy (non-hydrogen) atoms. The zero-order chi connectivity index (χ0) is 12.5. The topological polar surface area (TPSA) is 24.7 Å². The minimum atomic E-state index is 0. The molecule has 4 aliphatic rings. The molecule has 5 heteroatoms. The second kappa shape index (κ2) is 8.53. The van der Waals surface area contributed by atoms with Crippen molar-refractivity contribution in [1.82, 2.24) is 0 Å². The summed E-state index contributed by atoms with van der Waals surface area (Å²) in [5, 5.41) is 0. The summed E-state index contributed by atoms with van der Waals surface area (Å²) in [6.07, 6.45) is 15.9. The minimum Gasteiger partial charge on any atom is -1.00 e. The number of fused-ring (bicyclic) bond motifs is 2. The van der Waals surface area contributed by atoms with Crippen LogP contribution in [0.4, 0.5) is 0 Å². The maximum absolute atomic E-state index is 4.14. The van der Waals surface area contributed by atoms with Crippen LogP contribution in [-0.2, 0) is 26.2 Å². The Hall–Kier alpha value is -0.887. The molecule has 2 aliphatic heterocycles. The van der Waals surface area contributed by atoms with E-state index in [4.69, 9.17) is 0 Å². The number of nitrogens with zero attached hydrogens (tertiary/aromatic N) is 2. The normalized spacial score (nSPS) is 18.1. The molecule has 4 rings (SSSR count). The fraction of sp³-hybridized carbons (Fsp3) is 0.0625. The smallest absolute Gasteiger partial charge is 1.00 e. The molecule has 0 fully saturated rings. The zero-order valence-corrected chi connectivity index (χ0v) is 15.4. The van der Waals surface area contributed by atoms with E-state index in [9.17, 15) is 0 Å². The monoisotopic (exact) mass is 393 g/mol. The predicted octanol–water partition coefficient (Wildman–Crippen LogP) is -2.50. The van der Waals surface area contributed by atoms with Crippen LogP contribution in [0.25, 0.3) is 0 Å². The van der Waals surface area contributed by atoms with Gasteiger partial charge in [-0.2, -0.15) is 18.6 Å². The van der Waals surface area contributed by atoms with E-state index in [1.54, 1.807) is 0 Å². The van der Waals surface area contributed by atoms with Gasteiger partial charge in [-0.25, -0.2) is 0 Å². The van der Waals surface area contributed by atoms with Crippen LogP contribution in [-0.4, -0.2) is 11.4 Å². The molecule has 0 amide bonds. The molecule has 0 N–H and O–H groups in total. The fourth-order valence-corrected chi connectivity index (χ4v) is 2.12. The van der Waals surface area contributed by atoms with E-state index in [2.05, 4.69) is 36.0 Å². The average Bonchev–Trinajstić information content (AvgIpc) is 2.97. The van der Waals surface area contributed by atoms with Gasteiger partial charge in [-0.15, -0.1) is 6.08 Å². The Kier molecular flexibility index (Phi) is 8.17. The van der Waals surface area contributed by atoms with E-state index >= 15 is 0 Å². The summed E-state index contributed by atoms with van der Waals surface area (Å²) in [4.78, 5) is 8.24. The van der Waals surface area contributed by atoms with Crippen molar-refractivity contribution in [3.05, 3.63) is 78.1 Å². The number of hydrogen-bond acceptors (Lipinski definition) is 2. The van der Waals surface area contributed by atoms with Crippen molar-refractivity contribution in [2.24, 2.45) is 9.98 Å². The molecule has 0 unspecified atom stereocenters. The number of hydrogen-bond donors (Lipinski definition) is 0. The summed E-state index contributed by atoms with van der Waals surface area (Å²) in [7, 11) is 0. The maximum Gasteiger partial charge on any atom is 3.00 e. The average molecular weight is 395 g/mol. The Morgan fingerprint density at radius 3 is 1.86 bits per heavy atom. The van der Waals surface area contributed by atoms with Gasteiger partial charge in [0, 0.05) is 23.7 Å². The Morgan fingerprint density at radius 1 is 0.810 bits per heavy atom. The van der Waals surface area contributed by atoms with Crippen LogP contribution >= 0.6 is 0 Å². The molecule has 0 aromatic carbocycles. The molecule has 0 saturated carbocycles. The summed E-state index contributed by atoms with van der Waals surface area (Å²) >= 11 is 0. The molecule has 0 aromatic heterocycles. The molecule has 2 aliphatic carbocycles. The van der Waals surface area contributed by atoms with E-state index < -0.39 is 0 Å². The van der Waals surface area contributed by atoms with E-state index in [0.29, 0.717) is 0 Å². The molecule has 0 aromatic rings. The number of aliphatic imine (C=N–C) groups is 2. The summed E-state index contributed by atoms with van der Waals surface area (Å²) in [5.74, 6) is 0. The molecule has 0 spiro atoms. The Morgan fingerprint density at radius 2 is 1.33 bits per heavy atom. The van der Waals surface area contributed by atoms with Crippen LogP contribution in [0.1, 0.15) is 6.92 Å². The van der Waals surface area contributed by atoms with Crippen molar-refractivity contribution in [1.29, 1.82) is 0 Å². The Balaban J connectivity index is 0.000000333. The molecule has 105 valence electrons. The SMILES string of the molecule is CC1=CC2=NC=CC2=C1.[CH2-]C1=CC2=NC=CC2=C1.[Cl-].[Cl-].[Zr+3]. The summed E-state index contributed by atoms with van der Waals surface area (Å²) in [5.41, 5.74) is 6.97. The van der Waals surface area contributed by atoms with Gasteiger partial charge in [0.2, 0.25) is 0 Å². The van der Waals surface area contributed by atoms with Crippen molar-refractivity contribution in [2.75, 3.05) is 0 Å². The van der Waals surface area contributed by atoms with Crippen molar-refractivity contribution in [3.63, 3.8) is 0 Å². The van der Waals surface area contributed by atoms with Crippen LogP contribution in [0.15, 0.2) is 81.1 Å². The fourth-order valence-electron chi connectivity index (χ4n) is 2.12. The second-order valence-corrected chi connectivity index (χ2v) is 4.47. The Labute approximate surface area is 156 Å². The first-order valence-corrected chi connectivity index (χ1v) is 5.87. The predicted molar refractivity (Wildman–Crippen MR) is 76.5 cm³/mol. The summed E-state index contributed by atoms with van der Waals surface area (Å²) < 4.78 is 0. The second-order valence-electron chi connectivity index (χ2n) is 4.47. The van der Waals surface area contributed by atoms with Crippen LogP contribution in [0.3, 0.4) is 0 Å². The van der Waals surface area contributed by atoms with Gasteiger partial charge in [0.25, 0.3) is 0 Å². The van der Waals surface area contributed by atoms with E-state index in [1.165, 1.54) is 16.7 Å². The van der Waals surface area contributed by atoms with E-state index in [0.717, 1.165) is 17.0 Å². The van der Waals surface area contributed by atoms with Crippen LogP contribution in [0, 0.1) is 6.92 Å². The van der Waals surface area contributed by atoms with Crippen LogP contribution in [0.2, 0.25) is 0 Å². The van der Waals surface area contributed by atoms with Crippen molar-refractivity contribution >= 4 is 11.4 Å². The molecule has 2 nitrogen and oxygen atoms in total. The maximum atomic E-state index is 4.14. The third-order valence-electron chi connectivity index (χ3n) is 2.94. The van der Waals surface area contributed by atoms with E-state index in [1.807, 2.05) is 36.7 Å². The van der Waals surface area contributed by atoms with Crippen LogP contribution < -0.4 is 24.8 Å². The largest absolute Gasteiger partial charge is 3.00 e. The first-order chi connectivity index (χ1) is 8.72. The number of allylic oxidation sites excluding steroid dienone is 10. The van der Waals surface area contributed by atoms with E-state index in [-0.39, 0.29) is 51.0 Å². The first-order valence-electron chi connectivity index (χ1n) is 5.87. The third-order valence-corrected chi connectivity index (χ3v) is 2.94. The van der Waals surface area contributed by atoms with Crippen molar-refractivity contribution in [3.8, 4) is 0 Å². The van der Waals surface area contributed by atoms with Gasteiger partial charge in [-0.1, -0.05) is 5.57 Å². The van der Waals surface area contributed by atoms with Gasteiger partial charge in [0.05, 0.1) is 5.71 Å². The van der Waals surface area contributed by atoms with Crippen LogP contribution in [0.5, 0.6) is 0 Å². The standard InChI is InChI=1S/C8H7N.C8H6N.2ClH.Zr/c2*1-6-4-7-2-3-9-8(7)5-6;;;/h2-5H,1H3;2-5H,1H2;2*1H;/q;-1;;;+3/p-2. The molecule has 0 atom stereocenters. The molecule has 0 saturated heterocycles. The Bertz CT molecular complexity index is 602.